The highest BCUT2D eigenvalue weighted by molar-refractivity contribution is 8.03. The molecule has 0 saturated carbocycles. The second-order valence-electron chi connectivity index (χ2n) is 7.31. The van der Waals surface area contributed by atoms with Crippen LogP contribution in [-0.2, 0) is 30.9 Å². The van der Waals surface area contributed by atoms with Gasteiger partial charge in [-0.3, -0.25) is 0 Å². The van der Waals surface area contributed by atoms with E-state index in [4.69, 9.17) is 4.74 Å². The molecule has 1 fully saturated rings. The number of benzene rings is 3. The van der Waals surface area contributed by atoms with Crippen LogP contribution in [0.1, 0.15) is 17.5 Å². The van der Waals surface area contributed by atoms with Gasteiger partial charge >= 0.3 is 0 Å². The van der Waals surface area contributed by atoms with E-state index >= 15 is 0 Å². The van der Waals surface area contributed by atoms with Gasteiger partial charge < -0.3 is 4.74 Å². The number of nitrogens with zero attached hydrogens (tertiary/aromatic N) is 1. The van der Waals surface area contributed by atoms with Crippen molar-refractivity contribution in [1.82, 2.24) is 0 Å². The Morgan fingerprint density at radius 3 is 2.03 bits per heavy atom. The summed E-state index contributed by atoms with van der Waals surface area (Å²) in [4.78, 5) is 0.395. The van der Waals surface area contributed by atoms with Gasteiger partial charge in [0.15, 0.2) is 5.44 Å². The Bertz CT molecular complexity index is 1230. The molecule has 0 amide bonds. The molecule has 3 aromatic carbocycles. The van der Waals surface area contributed by atoms with Crippen LogP contribution in [0.4, 0.5) is 0 Å². The highest BCUT2D eigenvalue weighted by atomic mass is 32.3. The molecule has 1 aliphatic heterocycles. The molecule has 1 aliphatic rings. The van der Waals surface area contributed by atoms with Crippen molar-refractivity contribution in [2.75, 3.05) is 0 Å². The van der Waals surface area contributed by atoms with Crippen molar-refractivity contribution in [2.45, 2.75) is 41.1 Å². The third-order valence-electron chi connectivity index (χ3n) is 5.02. The largest absolute Gasteiger partial charge is 0.354 e. The zero-order valence-corrected chi connectivity index (χ0v) is 18.2. The van der Waals surface area contributed by atoms with E-state index in [1.807, 2.05) is 37.3 Å². The second-order valence-corrected chi connectivity index (χ2v) is 11.4. The van der Waals surface area contributed by atoms with Gasteiger partial charge in [0.25, 0.3) is 10.0 Å². The van der Waals surface area contributed by atoms with E-state index in [0.29, 0.717) is 11.3 Å². The number of epoxide rings is 1. The first-order valence-electron chi connectivity index (χ1n) is 9.72. The number of aryl methyl sites for hydroxylation is 2. The molecular weight excluding hydrogens is 418 g/mol. The van der Waals surface area contributed by atoms with Gasteiger partial charge in [-0.05, 0) is 49.6 Å². The maximum atomic E-state index is 14.0. The minimum Gasteiger partial charge on any atom is -0.354 e. The van der Waals surface area contributed by atoms with E-state index in [-0.39, 0.29) is 11.0 Å². The van der Waals surface area contributed by atoms with E-state index in [1.54, 1.807) is 42.5 Å². The van der Waals surface area contributed by atoms with Crippen LogP contribution in [0.15, 0.2) is 98.5 Å². The molecule has 3 aromatic rings. The van der Waals surface area contributed by atoms with Crippen LogP contribution < -0.4 is 0 Å². The van der Waals surface area contributed by atoms with Gasteiger partial charge in [-0.25, -0.2) is 4.21 Å². The lowest BCUT2D eigenvalue weighted by Crippen LogP contribution is -2.15. The molecule has 0 unspecified atom stereocenters. The van der Waals surface area contributed by atoms with Gasteiger partial charge in [-0.2, -0.15) is 8.42 Å². The molecule has 0 spiro atoms. The lowest BCUT2D eigenvalue weighted by molar-refractivity contribution is 0.386. The topological polar surface area (TPSA) is 76.1 Å². The van der Waals surface area contributed by atoms with Crippen LogP contribution >= 0.6 is 0 Å². The van der Waals surface area contributed by atoms with E-state index in [9.17, 15) is 12.6 Å². The van der Waals surface area contributed by atoms with Gasteiger partial charge in [0.1, 0.15) is 9.73 Å². The second kappa shape index (κ2) is 8.34. The van der Waals surface area contributed by atoms with Crippen LogP contribution in [0.2, 0.25) is 0 Å². The zero-order valence-electron chi connectivity index (χ0n) is 16.5. The fourth-order valence-corrected chi connectivity index (χ4v) is 7.63. The summed E-state index contributed by atoms with van der Waals surface area (Å²) in [6, 6.07) is 24.8. The smallest absolute Gasteiger partial charge is 0.290 e. The quantitative estimate of drug-likeness (QED) is 0.503. The fourth-order valence-electron chi connectivity index (χ4n) is 3.30. The molecule has 1 saturated heterocycles. The van der Waals surface area contributed by atoms with Crippen molar-refractivity contribution in [3.8, 4) is 0 Å². The lowest BCUT2D eigenvalue weighted by Gasteiger charge is -2.09. The predicted molar refractivity (Wildman–Crippen MR) is 117 cm³/mol. The molecule has 0 N–H and O–H groups in total. The minimum atomic E-state index is -4.11. The number of hydrogen-bond acceptors (Lipinski definition) is 4. The molecular formula is C23H23NO4S2. The van der Waals surface area contributed by atoms with Crippen molar-refractivity contribution in [3.05, 3.63) is 96.1 Å². The van der Waals surface area contributed by atoms with Gasteiger partial charge in [-0.15, -0.1) is 0 Å². The van der Waals surface area contributed by atoms with Gasteiger partial charge in [0.05, 0.1) is 15.9 Å². The SMILES string of the molecule is Cc1ccc(S(=O)(=O)N=[S@](=O)(c2ccccc2)[C@H]2O[C@H]2CCc2ccccc2)cc1. The number of hydrogen-bond donors (Lipinski definition) is 0. The van der Waals surface area contributed by atoms with Crippen LogP contribution in [-0.4, -0.2) is 24.2 Å². The van der Waals surface area contributed by atoms with Crippen molar-refractivity contribution >= 4 is 19.8 Å². The maximum absolute atomic E-state index is 14.0. The molecule has 30 heavy (non-hydrogen) atoms. The Balaban J connectivity index is 1.66. The summed E-state index contributed by atoms with van der Waals surface area (Å²) in [5, 5.41) is 0. The molecule has 3 atom stereocenters. The van der Waals surface area contributed by atoms with E-state index in [0.717, 1.165) is 17.5 Å². The maximum Gasteiger partial charge on any atom is 0.290 e. The summed E-state index contributed by atoms with van der Waals surface area (Å²) < 4.78 is 49.5. The Morgan fingerprint density at radius 1 is 0.800 bits per heavy atom. The van der Waals surface area contributed by atoms with Crippen LogP contribution in [0, 0.1) is 6.92 Å². The Labute approximate surface area is 178 Å². The average molecular weight is 442 g/mol. The van der Waals surface area contributed by atoms with Crippen molar-refractivity contribution in [2.24, 2.45) is 3.77 Å². The zero-order chi connectivity index (χ0) is 21.2. The Morgan fingerprint density at radius 2 is 1.40 bits per heavy atom. The first-order chi connectivity index (χ1) is 14.4. The molecule has 7 heteroatoms. The average Bonchev–Trinajstić information content (AvgIpc) is 3.54. The summed E-state index contributed by atoms with van der Waals surface area (Å²) in [5.41, 5.74) is 1.34. The summed E-state index contributed by atoms with van der Waals surface area (Å²) in [7, 11) is -7.44. The summed E-state index contributed by atoms with van der Waals surface area (Å²) >= 11 is 0. The number of rotatable bonds is 7. The molecule has 0 aromatic heterocycles. The van der Waals surface area contributed by atoms with Crippen molar-refractivity contribution in [1.29, 1.82) is 0 Å². The van der Waals surface area contributed by atoms with Gasteiger partial charge in [0.2, 0.25) is 0 Å². The molecule has 0 radical (unpaired) electrons. The first-order valence-corrected chi connectivity index (χ1v) is 12.7. The van der Waals surface area contributed by atoms with E-state index in [2.05, 4.69) is 3.77 Å². The Kier molecular flexibility index (Phi) is 5.77. The van der Waals surface area contributed by atoms with Crippen molar-refractivity contribution in [3.63, 3.8) is 0 Å². The molecule has 0 bridgehead atoms. The summed E-state index contributed by atoms with van der Waals surface area (Å²) in [6.07, 6.45) is 1.12. The summed E-state index contributed by atoms with van der Waals surface area (Å²) in [5.74, 6) is 0. The highest BCUT2D eigenvalue weighted by Gasteiger charge is 2.48. The van der Waals surface area contributed by atoms with Crippen LogP contribution in [0.3, 0.4) is 0 Å². The van der Waals surface area contributed by atoms with Crippen LogP contribution in [0.5, 0.6) is 0 Å². The van der Waals surface area contributed by atoms with Gasteiger partial charge in [-0.1, -0.05) is 70.0 Å². The first kappa shape index (κ1) is 20.8. The third-order valence-corrected chi connectivity index (χ3v) is 9.55. The molecule has 1 heterocycles. The monoisotopic (exact) mass is 441 g/mol. The number of sulfonamides is 1. The highest BCUT2D eigenvalue weighted by Crippen LogP contribution is 2.38. The van der Waals surface area contributed by atoms with Gasteiger partial charge in [0, 0.05) is 0 Å². The van der Waals surface area contributed by atoms with Crippen LogP contribution in [0.25, 0.3) is 0 Å². The normalized spacial score (nSPS) is 20.3. The minimum absolute atomic E-state index is 0.0261. The molecule has 156 valence electrons. The Hall–Kier alpha value is -2.48. The standard InChI is InChI=1S/C23H23NO4S2/c1-18-12-15-21(16-13-18)30(26,27)24-29(25,20-10-6-3-7-11-20)23-22(28-23)17-14-19-8-4-2-5-9-19/h2-13,15-16,22-23H,14,17H2,1H3/t22-,23+,29-/m0/s1. The van der Waals surface area contributed by atoms with Crippen molar-refractivity contribution < 1.29 is 17.4 Å². The fraction of sp³-hybridized carbons (Fsp3) is 0.217. The lowest BCUT2D eigenvalue weighted by atomic mass is 10.1. The van der Waals surface area contributed by atoms with E-state index < -0.39 is 25.2 Å². The molecule has 5 nitrogen and oxygen atoms in total. The van der Waals surface area contributed by atoms with E-state index in [1.165, 1.54) is 12.1 Å². The predicted octanol–water partition coefficient (Wildman–Crippen LogP) is 4.57. The summed E-state index contributed by atoms with van der Waals surface area (Å²) in [6.45, 7) is 1.87. The molecule has 0 aliphatic carbocycles. The molecule has 4 rings (SSSR count). The third kappa shape index (κ3) is 4.48. The number of ether oxygens (including phenoxy) is 1.